The van der Waals surface area contributed by atoms with Crippen molar-refractivity contribution < 1.29 is 54.8 Å². The van der Waals surface area contributed by atoms with Crippen LogP contribution in [0.2, 0.25) is 0 Å². The molecule has 0 unspecified atom stereocenters. The van der Waals surface area contributed by atoms with E-state index in [-0.39, 0.29) is 66.8 Å². The molecule has 2 aliphatic rings. The summed E-state index contributed by atoms with van der Waals surface area (Å²) >= 11 is 2.15. The molecule has 0 aliphatic carbocycles. The second-order valence-corrected chi connectivity index (χ2v) is 8.87. The zero-order valence-corrected chi connectivity index (χ0v) is 24.9. The van der Waals surface area contributed by atoms with Gasteiger partial charge in [0.25, 0.3) is 0 Å². The first-order chi connectivity index (χ1) is 15.2. The maximum absolute atomic E-state index is 11.2. The van der Waals surface area contributed by atoms with Crippen molar-refractivity contribution in [2.24, 2.45) is 0 Å². The molecule has 1 amide bonds. The summed E-state index contributed by atoms with van der Waals surface area (Å²) in [5.41, 5.74) is 2.13. The van der Waals surface area contributed by atoms with Crippen molar-refractivity contribution in [2.75, 3.05) is 31.1 Å². The van der Waals surface area contributed by atoms with Gasteiger partial charge in [-0.3, -0.25) is 4.90 Å². The van der Waals surface area contributed by atoms with Crippen LogP contribution in [0.15, 0.2) is 60.7 Å². The Morgan fingerprint density at radius 1 is 0.886 bits per heavy atom. The summed E-state index contributed by atoms with van der Waals surface area (Å²) in [4.78, 5) is 16.9. The largest absolute Gasteiger partial charge is 1.00 e. The molecule has 3 N–H and O–H groups in total. The van der Waals surface area contributed by atoms with Crippen molar-refractivity contribution in [3.63, 3.8) is 0 Å². The van der Waals surface area contributed by atoms with Gasteiger partial charge in [0.05, 0.1) is 31.3 Å². The van der Waals surface area contributed by atoms with Crippen LogP contribution in [0.5, 0.6) is 0 Å². The number of rotatable bonds is 3. The molecule has 0 saturated carbocycles. The van der Waals surface area contributed by atoms with E-state index in [1.807, 2.05) is 37.8 Å². The number of hydrogen-bond donors (Lipinski definition) is 2. The summed E-state index contributed by atoms with van der Waals surface area (Å²) in [6, 6.07) is 21.2. The fourth-order valence-electron chi connectivity index (χ4n) is 3.51. The van der Waals surface area contributed by atoms with Gasteiger partial charge in [0.1, 0.15) is 5.60 Å². The second-order valence-electron chi connectivity index (χ2n) is 8.87. The van der Waals surface area contributed by atoms with E-state index in [9.17, 15) is 9.90 Å². The molecule has 2 saturated heterocycles. The van der Waals surface area contributed by atoms with Gasteiger partial charge < -0.3 is 25.3 Å². The molecule has 192 valence electrons. The third-order valence-electron chi connectivity index (χ3n) is 5.00. The molecule has 7 nitrogen and oxygen atoms in total. The van der Waals surface area contributed by atoms with Crippen molar-refractivity contribution >= 4 is 28.7 Å². The zero-order valence-electron chi connectivity index (χ0n) is 20.8. The molecule has 2 aromatic rings. The molecule has 0 radical (unpaired) electrons. The van der Waals surface area contributed by atoms with Gasteiger partial charge in [0.2, 0.25) is 0 Å². The Morgan fingerprint density at radius 3 is 1.57 bits per heavy atom. The zero-order chi connectivity index (χ0) is 23.7. The van der Waals surface area contributed by atoms with E-state index < -0.39 is 5.60 Å². The predicted molar refractivity (Wildman–Crippen MR) is 145 cm³/mol. The van der Waals surface area contributed by atoms with Gasteiger partial charge in [-0.15, -0.1) is 0 Å². The molecule has 2 heterocycles. The number of alkyl halides is 1. The number of amides is 1. The number of β-amino-alcohol motifs (C(OH)–C–C–N with tert-alkyl or cyclic N) is 2. The summed E-state index contributed by atoms with van der Waals surface area (Å²) in [5, 5.41) is 18.4. The first kappa shape index (κ1) is 36.4. The fourth-order valence-corrected chi connectivity index (χ4v) is 3.51. The number of aliphatic hydroxyl groups is 2. The van der Waals surface area contributed by atoms with Gasteiger partial charge in [-0.2, -0.15) is 0 Å². The molecular weight excluding hydrogens is 570 g/mol. The maximum Gasteiger partial charge on any atom is 1.00 e. The van der Waals surface area contributed by atoms with Gasteiger partial charge in [0.15, 0.2) is 0 Å². The summed E-state index contributed by atoms with van der Waals surface area (Å²) in [5.74, 6) is 0. The van der Waals surface area contributed by atoms with Crippen molar-refractivity contribution in [3.8, 4) is 0 Å². The number of ether oxygens (including phenoxy) is 1. The number of likely N-dealkylation sites (tertiary alicyclic amines) is 2. The SMILES string of the molecule is C.CC(C)(C)OC(=O)N1CC(O)C1.CI.OC1CN(C(c2ccccc2)c2ccccc2)C1.[Na+].[OH-]. The van der Waals surface area contributed by atoms with Gasteiger partial charge in [-0.1, -0.05) is 90.7 Å². The van der Waals surface area contributed by atoms with Crippen LogP contribution in [0.25, 0.3) is 0 Å². The van der Waals surface area contributed by atoms with E-state index in [1.54, 1.807) is 0 Å². The van der Waals surface area contributed by atoms with Crippen LogP contribution < -0.4 is 29.6 Å². The smallest absolute Gasteiger partial charge is 0.870 e. The summed E-state index contributed by atoms with van der Waals surface area (Å²) in [7, 11) is 0. The molecule has 2 fully saturated rings. The molecule has 0 atom stereocenters. The van der Waals surface area contributed by atoms with E-state index in [4.69, 9.17) is 9.84 Å². The fraction of sp³-hybridized carbons (Fsp3) is 0.500. The minimum atomic E-state index is -0.447. The number of nitrogens with zero attached hydrogens (tertiary/aromatic N) is 2. The van der Waals surface area contributed by atoms with E-state index in [0.717, 1.165) is 13.1 Å². The topological polar surface area (TPSA) is 103 Å². The van der Waals surface area contributed by atoms with E-state index in [1.165, 1.54) is 16.0 Å². The van der Waals surface area contributed by atoms with Crippen LogP contribution in [0.3, 0.4) is 0 Å². The van der Waals surface area contributed by atoms with Crippen LogP contribution >= 0.6 is 22.6 Å². The normalized spacial score (nSPS) is 15.3. The molecule has 2 aromatic carbocycles. The third kappa shape index (κ3) is 11.9. The quantitative estimate of drug-likeness (QED) is 0.311. The Kier molecular flexibility index (Phi) is 18.4. The second kappa shape index (κ2) is 17.7. The molecule has 9 heteroatoms. The summed E-state index contributed by atoms with van der Waals surface area (Å²) in [6.45, 7) is 7.77. The van der Waals surface area contributed by atoms with Crippen molar-refractivity contribution in [2.45, 2.75) is 52.0 Å². The molecular formula is C26H40IN2NaO5. The Morgan fingerprint density at radius 2 is 1.26 bits per heavy atom. The number of hydrogen-bond acceptors (Lipinski definition) is 6. The molecule has 0 spiro atoms. The Balaban J connectivity index is 0. The molecule has 0 bridgehead atoms. The Hall–Kier alpha value is -0.720. The van der Waals surface area contributed by atoms with Crippen molar-refractivity contribution in [1.29, 1.82) is 0 Å². The number of aliphatic hydroxyl groups excluding tert-OH is 2. The van der Waals surface area contributed by atoms with Gasteiger partial charge in [-0.05, 0) is 36.8 Å². The maximum atomic E-state index is 11.2. The molecule has 2 aliphatic heterocycles. The van der Waals surface area contributed by atoms with Crippen LogP contribution in [0, 0.1) is 0 Å². The molecule has 4 rings (SSSR count). The molecule has 35 heavy (non-hydrogen) atoms. The average Bonchev–Trinajstić information content (AvgIpc) is 2.73. The Bertz CT molecular complexity index is 772. The number of halogens is 1. The predicted octanol–water partition coefficient (Wildman–Crippen LogP) is 1.57. The standard InChI is InChI=1S/C16H17NO.C8H15NO3.CH3I.CH4.Na.H2O/c18-15-11-17(12-15)16(13-7-3-1-4-8-13)14-9-5-2-6-10-14;1-8(2,3)12-7(11)9-4-6(10)5-9;1-2;;;/h1-10,15-16,18H,11-12H2;6,10H,4-5H2,1-3H3;1H3;1H4;;1H2/q;;;;+1;/p-1. The average molecular weight is 611 g/mol. The summed E-state index contributed by atoms with van der Waals surface area (Å²) in [6.07, 6.45) is -0.870. The van der Waals surface area contributed by atoms with Crippen LogP contribution in [0.4, 0.5) is 4.79 Å². The van der Waals surface area contributed by atoms with Crippen molar-refractivity contribution in [3.05, 3.63) is 71.8 Å². The van der Waals surface area contributed by atoms with Crippen LogP contribution in [0.1, 0.15) is 45.4 Å². The summed E-state index contributed by atoms with van der Waals surface area (Å²) < 4.78 is 5.07. The first-order valence-corrected chi connectivity index (χ1v) is 12.9. The Labute approximate surface area is 246 Å². The van der Waals surface area contributed by atoms with Crippen LogP contribution in [-0.4, -0.2) is 80.5 Å². The van der Waals surface area contributed by atoms with E-state index in [0.29, 0.717) is 13.1 Å². The monoisotopic (exact) mass is 610 g/mol. The van der Waals surface area contributed by atoms with E-state index >= 15 is 0 Å². The van der Waals surface area contributed by atoms with Crippen molar-refractivity contribution in [1.82, 2.24) is 9.80 Å². The molecule has 0 aromatic heterocycles. The van der Waals surface area contributed by atoms with Gasteiger partial charge >= 0.3 is 35.7 Å². The van der Waals surface area contributed by atoms with Crippen LogP contribution in [-0.2, 0) is 4.74 Å². The van der Waals surface area contributed by atoms with E-state index in [2.05, 4.69) is 76.0 Å². The third-order valence-corrected chi connectivity index (χ3v) is 5.00. The minimum Gasteiger partial charge on any atom is -0.870 e. The minimum absolute atomic E-state index is 0. The number of carbonyl (C=O) groups is 1. The number of carbonyl (C=O) groups excluding carboxylic acids is 1. The van der Waals surface area contributed by atoms with Gasteiger partial charge in [0, 0.05) is 13.1 Å². The first-order valence-electron chi connectivity index (χ1n) is 10.8. The number of benzene rings is 2. The van der Waals surface area contributed by atoms with Gasteiger partial charge in [-0.25, -0.2) is 4.79 Å².